The van der Waals surface area contributed by atoms with Crippen LogP contribution in [0.15, 0.2) is 11.4 Å². The van der Waals surface area contributed by atoms with Crippen LogP contribution in [0.25, 0.3) is 0 Å². The van der Waals surface area contributed by atoms with E-state index in [0.29, 0.717) is 0 Å². The van der Waals surface area contributed by atoms with Gasteiger partial charge in [-0.05, 0) is 68.2 Å². The van der Waals surface area contributed by atoms with Crippen LogP contribution < -0.4 is 10.6 Å². The van der Waals surface area contributed by atoms with E-state index in [1.54, 1.807) is 0 Å². The fraction of sp³-hybridized carbons (Fsp3) is 0.714. The Hall–Kier alpha value is -0.380. The molecule has 2 nitrogen and oxygen atoms in total. The molecular formula is C14H24N2S. The number of rotatable bonds is 6. The Balaban J connectivity index is 1.62. The molecule has 0 atom stereocenters. The fourth-order valence-corrected chi connectivity index (χ4v) is 3.46. The lowest BCUT2D eigenvalue weighted by molar-refractivity contribution is 0.348. The van der Waals surface area contributed by atoms with E-state index >= 15 is 0 Å². The summed E-state index contributed by atoms with van der Waals surface area (Å²) < 4.78 is 0. The Morgan fingerprint density at radius 1 is 1.41 bits per heavy atom. The zero-order valence-electron chi connectivity index (χ0n) is 10.8. The van der Waals surface area contributed by atoms with Crippen LogP contribution in [0.2, 0.25) is 0 Å². The van der Waals surface area contributed by atoms with Gasteiger partial charge in [-0.1, -0.05) is 6.92 Å². The summed E-state index contributed by atoms with van der Waals surface area (Å²) in [5, 5.41) is 9.23. The highest BCUT2D eigenvalue weighted by Crippen LogP contribution is 2.18. The van der Waals surface area contributed by atoms with Crippen LogP contribution in [-0.4, -0.2) is 19.6 Å². The Morgan fingerprint density at radius 3 is 3.00 bits per heavy atom. The van der Waals surface area contributed by atoms with Crippen LogP contribution in [0.4, 0.5) is 0 Å². The average molecular weight is 252 g/mol. The molecule has 0 amide bonds. The van der Waals surface area contributed by atoms with Crippen LogP contribution in [0.1, 0.15) is 36.6 Å². The molecule has 0 bridgehead atoms. The minimum Gasteiger partial charge on any atom is -0.317 e. The molecule has 1 fully saturated rings. The maximum absolute atomic E-state index is 3.60. The van der Waals surface area contributed by atoms with E-state index in [4.69, 9.17) is 0 Å². The van der Waals surface area contributed by atoms with Crippen molar-refractivity contribution in [3.8, 4) is 0 Å². The van der Waals surface area contributed by atoms with Gasteiger partial charge in [-0.2, -0.15) is 0 Å². The van der Waals surface area contributed by atoms with E-state index in [-0.39, 0.29) is 0 Å². The molecular weight excluding hydrogens is 228 g/mol. The second-order valence-electron chi connectivity index (χ2n) is 4.88. The van der Waals surface area contributed by atoms with Crippen molar-refractivity contribution in [1.29, 1.82) is 0 Å². The first-order valence-corrected chi connectivity index (χ1v) is 7.74. The summed E-state index contributed by atoms with van der Waals surface area (Å²) >= 11 is 1.89. The lowest BCUT2D eigenvalue weighted by atomic mass is 9.95. The van der Waals surface area contributed by atoms with Gasteiger partial charge in [0.15, 0.2) is 0 Å². The second kappa shape index (κ2) is 7.14. The van der Waals surface area contributed by atoms with E-state index in [1.165, 1.54) is 49.3 Å². The third-order valence-electron chi connectivity index (χ3n) is 3.69. The molecule has 17 heavy (non-hydrogen) atoms. The van der Waals surface area contributed by atoms with Gasteiger partial charge in [-0.3, -0.25) is 0 Å². The normalized spacial score (nSPS) is 17.5. The topological polar surface area (TPSA) is 24.1 Å². The van der Waals surface area contributed by atoms with Crippen LogP contribution in [-0.2, 0) is 13.0 Å². The molecule has 1 aromatic heterocycles. The summed E-state index contributed by atoms with van der Waals surface area (Å²) in [6, 6.07) is 2.26. The van der Waals surface area contributed by atoms with Gasteiger partial charge in [0.05, 0.1) is 0 Å². The van der Waals surface area contributed by atoms with Gasteiger partial charge in [0.1, 0.15) is 0 Å². The van der Waals surface area contributed by atoms with Crippen LogP contribution >= 0.6 is 11.3 Å². The highest BCUT2D eigenvalue weighted by atomic mass is 32.1. The molecule has 0 radical (unpaired) electrons. The van der Waals surface area contributed by atoms with E-state index < -0.39 is 0 Å². The Kier molecular flexibility index (Phi) is 5.49. The average Bonchev–Trinajstić information content (AvgIpc) is 2.83. The molecule has 3 heteroatoms. The summed E-state index contributed by atoms with van der Waals surface area (Å²) in [7, 11) is 0. The van der Waals surface area contributed by atoms with Crippen molar-refractivity contribution >= 4 is 11.3 Å². The van der Waals surface area contributed by atoms with Crippen molar-refractivity contribution in [1.82, 2.24) is 10.6 Å². The molecule has 0 unspecified atom stereocenters. The van der Waals surface area contributed by atoms with Crippen molar-refractivity contribution < 1.29 is 0 Å². The Morgan fingerprint density at radius 2 is 2.24 bits per heavy atom. The van der Waals surface area contributed by atoms with Gasteiger partial charge in [0, 0.05) is 11.4 Å². The molecule has 0 spiro atoms. The molecule has 2 N–H and O–H groups in total. The molecule has 96 valence electrons. The quantitative estimate of drug-likeness (QED) is 0.761. The van der Waals surface area contributed by atoms with Crippen LogP contribution in [0.5, 0.6) is 0 Å². The van der Waals surface area contributed by atoms with Gasteiger partial charge in [-0.25, -0.2) is 0 Å². The summed E-state index contributed by atoms with van der Waals surface area (Å²) in [4.78, 5) is 1.53. The van der Waals surface area contributed by atoms with Crippen molar-refractivity contribution in [3.05, 3.63) is 21.9 Å². The predicted octanol–water partition coefficient (Wildman–Crippen LogP) is 2.79. The molecule has 0 saturated carbocycles. The summed E-state index contributed by atoms with van der Waals surface area (Å²) in [6.07, 6.45) is 5.23. The van der Waals surface area contributed by atoms with Crippen LogP contribution in [0.3, 0.4) is 0 Å². The van der Waals surface area contributed by atoms with Crippen molar-refractivity contribution in [2.75, 3.05) is 19.6 Å². The van der Waals surface area contributed by atoms with Crippen molar-refractivity contribution in [3.63, 3.8) is 0 Å². The van der Waals surface area contributed by atoms with Crippen molar-refractivity contribution in [2.45, 2.75) is 39.2 Å². The molecule has 1 aliphatic rings. The number of hydrogen-bond acceptors (Lipinski definition) is 3. The molecule has 1 aromatic rings. The maximum Gasteiger partial charge on any atom is 0.0302 e. The molecule has 0 aliphatic carbocycles. The lowest BCUT2D eigenvalue weighted by Crippen LogP contribution is -2.29. The van der Waals surface area contributed by atoms with Gasteiger partial charge in [0.25, 0.3) is 0 Å². The largest absolute Gasteiger partial charge is 0.317 e. The van der Waals surface area contributed by atoms with Gasteiger partial charge < -0.3 is 10.6 Å². The fourth-order valence-electron chi connectivity index (χ4n) is 2.52. The number of nitrogens with one attached hydrogen (secondary N) is 2. The molecule has 1 aliphatic heterocycles. The van der Waals surface area contributed by atoms with Gasteiger partial charge in [0.2, 0.25) is 0 Å². The Bertz CT molecular complexity index is 316. The van der Waals surface area contributed by atoms with Crippen LogP contribution in [0, 0.1) is 5.92 Å². The molecule has 2 heterocycles. The van der Waals surface area contributed by atoms with Gasteiger partial charge in [-0.15, -0.1) is 11.3 Å². The molecule has 0 aromatic carbocycles. The number of piperidine rings is 1. The molecule has 1 saturated heterocycles. The Labute approximate surface area is 109 Å². The summed E-state index contributed by atoms with van der Waals surface area (Å²) in [5.41, 5.74) is 1.52. The van der Waals surface area contributed by atoms with E-state index in [1.807, 2.05) is 11.3 Å². The first-order chi connectivity index (χ1) is 8.40. The minimum atomic E-state index is 0.942. The zero-order chi connectivity index (χ0) is 11.9. The second-order valence-corrected chi connectivity index (χ2v) is 5.88. The van der Waals surface area contributed by atoms with E-state index in [2.05, 4.69) is 29.0 Å². The monoisotopic (exact) mass is 252 g/mol. The highest BCUT2D eigenvalue weighted by Gasteiger charge is 2.12. The third kappa shape index (κ3) is 4.09. The van der Waals surface area contributed by atoms with E-state index in [0.717, 1.165) is 18.9 Å². The minimum absolute atomic E-state index is 0.942. The maximum atomic E-state index is 3.60. The van der Waals surface area contributed by atoms with Crippen molar-refractivity contribution in [2.24, 2.45) is 5.92 Å². The summed E-state index contributed by atoms with van der Waals surface area (Å²) in [6.45, 7) is 6.91. The molecule has 2 rings (SSSR count). The summed E-state index contributed by atoms with van der Waals surface area (Å²) in [5.74, 6) is 0.942. The SMILES string of the molecule is CCc1ccsc1CNCCC1CCNCC1. The standard InChI is InChI=1S/C14H24N2S/c1-2-13-6-10-17-14(13)11-16-9-5-12-3-7-15-8-4-12/h6,10,12,15-16H,2-5,7-9,11H2,1H3. The number of thiophene rings is 1. The lowest BCUT2D eigenvalue weighted by Gasteiger charge is -2.22. The highest BCUT2D eigenvalue weighted by molar-refractivity contribution is 7.10. The third-order valence-corrected chi connectivity index (χ3v) is 4.66. The first-order valence-electron chi connectivity index (χ1n) is 6.87. The van der Waals surface area contributed by atoms with E-state index in [9.17, 15) is 0 Å². The smallest absolute Gasteiger partial charge is 0.0302 e. The number of aryl methyl sites for hydroxylation is 1. The number of hydrogen-bond donors (Lipinski definition) is 2. The van der Waals surface area contributed by atoms with Gasteiger partial charge >= 0.3 is 0 Å². The zero-order valence-corrected chi connectivity index (χ0v) is 11.6. The predicted molar refractivity (Wildman–Crippen MR) is 75.6 cm³/mol. The first kappa shape index (κ1) is 13.1.